The van der Waals surface area contributed by atoms with Crippen molar-refractivity contribution < 1.29 is 9.53 Å². The summed E-state index contributed by atoms with van der Waals surface area (Å²) >= 11 is 0. The molecule has 3 nitrogen and oxygen atoms in total. The molecular formula is C6H12NO2. The minimum Gasteiger partial charge on any atom is -0.450 e. The van der Waals surface area contributed by atoms with Gasteiger partial charge in [0.15, 0.2) is 0 Å². The van der Waals surface area contributed by atoms with Crippen LogP contribution in [0.15, 0.2) is 0 Å². The third-order valence-corrected chi connectivity index (χ3v) is 0.875. The van der Waals surface area contributed by atoms with Crippen molar-refractivity contribution in [1.82, 2.24) is 5.32 Å². The summed E-state index contributed by atoms with van der Waals surface area (Å²) in [5.74, 6) is 0. The van der Waals surface area contributed by atoms with Gasteiger partial charge < -0.3 is 10.1 Å². The molecule has 9 heavy (non-hydrogen) atoms. The second-order valence-corrected chi connectivity index (χ2v) is 1.67. The van der Waals surface area contributed by atoms with Crippen LogP contribution >= 0.6 is 0 Å². The molecule has 0 aromatic rings. The van der Waals surface area contributed by atoms with Gasteiger partial charge in [0, 0.05) is 7.05 Å². The normalized spacial score (nSPS) is 8.67. The van der Waals surface area contributed by atoms with Gasteiger partial charge in [0.25, 0.3) is 0 Å². The van der Waals surface area contributed by atoms with Crippen LogP contribution in [0.5, 0.6) is 0 Å². The molecule has 0 rings (SSSR count). The number of amides is 1. The zero-order chi connectivity index (χ0) is 7.11. The first-order valence-corrected chi connectivity index (χ1v) is 3.01. The van der Waals surface area contributed by atoms with Crippen molar-refractivity contribution in [2.45, 2.75) is 19.8 Å². The summed E-state index contributed by atoms with van der Waals surface area (Å²) in [4.78, 5) is 10.3. The Labute approximate surface area is 55.4 Å². The molecule has 0 saturated carbocycles. The second-order valence-electron chi connectivity index (χ2n) is 1.67. The van der Waals surface area contributed by atoms with E-state index >= 15 is 0 Å². The van der Waals surface area contributed by atoms with Crippen molar-refractivity contribution in [3.63, 3.8) is 0 Å². The summed E-state index contributed by atoms with van der Waals surface area (Å²) in [7, 11) is 3.14. The Morgan fingerprint density at radius 1 is 1.78 bits per heavy atom. The highest BCUT2D eigenvalue weighted by Crippen LogP contribution is 1.87. The van der Waals surface area contributed by atoms with Crippen LogP contribution in [0.3, 0.4) is 0 Å². The maximum Gasteiger partial charge on any atom is 0.407 e. The first-order valence-electron chi connectivity index (χ1n) is 3.01. The van der Waals surface area contributed by atoms with Crippen LogP contribution in [0.4, 0.5) is 4.79 Å². The summed E-state index contributed by atoms with van der Waals surface area (Å²) < 4.78 is 4.62. The molecule has 0 unspecified atom stereocenters. The van der Waals surface area contributed by atoms with Gasteiger partial charge in [-0.15, -0.1) is 0 Å². The predicted molar refractivity (Wildman–Crippen MR) is 34.7 cm³/mol. The fraction of sp³-hybridized carbons (Fsp3) is 0.667. The monoisotopic (exact) mass is 130 g/mol. The molecule has 3 heteroatoms. The lowest BCUT2D eigenvalue weighted by molar-refractivity contribution is 0.148. The molecule has 0 aliphatic heterocycles. The number of carbonyl (C=O) groups excluding carboxylic acids is 1. The Morgan fingerprint density at radius 2 is 2.44 bits per heavy atom. The van der Waals surface area contributed by atoms with Crippen LogP contribution in [0, 0.1) is 7.05 Å². The molecule has 0 aliphatic rings. The van der Waals surface area contributed by atoms with E-state index in [-0.39, 0.29) is 0 Å². The number of ether oxygens (including phenoxy) is 1. The smallest absolute Gasteiger partial charge is 0.407 e. The average molecular weight is 130 g/mol. The number of alkyl carbamates (subject to hydrolysis) is 1. The maximum atomic E-state index is 10.3. The molecule has 1 N–H and O–H groups in total. The number of hydrogen-bond donors (Lipinski definition) is 1. The fourth-order valence-corrected chi connectivity index (χ4v) is 0.360. The van der Waals surface area contributed by atoms with Gasteiger partial charge in [-0.1, -0.05) is 13.3 Å². The Morgan fingerprint density at radius 3 is 2.89 bits per heavy atom. The summed E-state index contributed by atoms with van der Waals surface area (Å²) in [5.41, 5.74) is 0. The Kier molecular flexibility index (Phi) is 4.97. The van der Waals surface area contributed by atoms with Gasteiger partial charge in [-0.2, -0.15) is 0 Å². The van der Waals surface area contributed by atoms with Gasteiger partial charge in [-0.25, -0.2) is 4.79 Å². The van der Waals surface area contributed by atoms with Gasteiger partial charge in [-0.05, 0) is 6.42 Å². The lowest BCUT2D eigenvalue weighted by Crippen LogP contribution is -2.17. The number of unbranched alkanes of at least 4 members (excludes halogenated alkanes) is 1. The maximum absolute atomic E-state index is 10.3. The van der Waals surface area contributed by atoms with Gasteiger partial charge in [0.05, 0.1) is 6.61 Å². The zero-order valence-corrected chi connectivity index (χ0v) is 5.64. The van der Waals surface area contributed by atoms with Crippen molar-refractivity contribution in [3.8, 4) is 0 Å². The Bertz CT molecular complexity index is 83.1. The van der Waals surface area contributed by atoms with Gasteiger partial charge >= 0.3 is 6.09 Å². The summed E-state index contributed by atoms with van der Waals surface area (Å²) in [6.45, 7) is 2.52. The molecule has 0 atom stereocenters. The van der Waals surface area contributed by atoms with Crippen LogP contribution in [0.2, 0.25) is 0 Å². The molecular weight excluding hydrogens is 118 g/mol. The number of nitrogens with one attached hydrogen (secondary N) is 1. The minimum absolute atomic E-state index is 0.455. The molecule has 53 valence electrons. The highest BCUT2D eigenvalue weighted by Gasteiger charge is 1.93. The van der Waals surface area contributed by atoms with Gasteiger partial charge in [-0.3, -0.25) is 0 Å². The van der Waals surface area contributed by atoms with Gasteiger partial charge in [0.2, 0.25) is 0 Å². The van der Waals surface area contributed by atoms with Crippen molar-refractivity contribution in [3.05, 3.63) is 7.05 Å². The second kappa shape index (κ2) is 5.41. The summed E-state index contributed by atoms with van der Waals surface area (Å²) in [6.07, 6.45) is 1.49. The summed E-state index contributed by atoms with van der Waals surface area (Å²) in [6, 6.07) is 0. The van der Waals surface area contributed by atoms with E-state index in [0.717, 1.165) is 12.8 Å². The first kappa shape index (κ1) is 8.27. The van der Waals surface area contributed by atoms with Crippen LogP contribution in [-0.4, -0.2) is 12.7 Å². The Balaban J connectivity index is 2.97. The van der Waals surface area contributed by atoms with E-state index in [9.17, 15) is 4.79 Å². The molecule has 0 saturated heterocycles. The minimum atomic E-state index is -0.455. The molecule has 0 spiro atoms. The molecule has 0 heterocycles. The van der Waals surface area contributed by atoms with Crippen LogP contribution < -0.4 is 5.32 Å². The largest absolute Gasteiger partial charge is 0.450 e. The third-order valence-electron chi connectivity index (χ3n) is 0.875. The van der Waals surface area contributed by atoms with Crippen LogP contribution in [0.25, 0.3) is 0 Å². The van der Waals surface area contributed by atoms with E-state index in [1.807, 2.05) is 6.92 Å². The lowest BCUT2D eigenvalue weighted by atomic mass is 10.4. The van der Waals surface area contributed by atoms with E-state index in [2.05, 4.69) is 17.1 Å². The van der Waals surface area contributed by atoms with E-state index in [4.69, 9.17) is 0 Å². The van der Waals surface area contributed by atoms with Crippen LogP contribution in [-0.2, 0) is 4.74 Å². The highest BCUT2D eigenvalue weighted by molar-refractivity contribution is 5.67. The van der Waals surface area contributed by atoms with Crippen molar-refractivity contribution in [2.75, 3.05) is 6.61 Å². The zero-order valence-electron chi connectivity index (χ0n) is 5.64. The number of carbonyl (C=O) groups is 1. The SMILES string of the molecule is [CH2]NC(=O)OCCCC. The third kappa shape index (κ3) is 5.14. The van der Waals surface area contributed by atoms with Crippen molar-refractivity contribution in [1.29, 1.82) is 0 Å². The quantitative estimate of drug-likeness (QED) is 0.585. The Hall–Kier alpha value is -0.730. The highest BCUT2D eigenvalue weighted by atomic mass is 16.5. The van der Waals surface area contributed by atoms with Crippen LogP contribution in [0.1, 0.15) is 19.8 Å². The molecule has 0 aromatic carbocycles. The summed E-state index contributed by atoms with van der Waals surface area (Å²) in [5, 5.41) is 2.11. The molecule has 1 radical (unpaired) electrons. The molecule has 1 amide bonds. The fourth-order valence-electron chi connectivity index (χ4n) is 0.360. The topological polar surface area (TPSA) is 38.3 Å². The number of rotatable bonds is 3. The van der Waals surface area contributed by atoms with E-state index < -0.39 is 6.09 Å². The first-order chi connectivity index (χ1) is 4.31. The molecule has 0 aliphatic carbocycles. The lowest BCUT2D eigenvalue weighted by Gasteiger charge is -2.00. The van der Waals surface area contributed by atoms with Crippen molar-refractivity contribution in [2.24, 2.45) is 0 Å². The number of hydrogen-bond acceptors (Lipinski definition) is 2. The van der Waals surface area contributed by atoms with Crippen molar-refractivity contribution >= 4 is 6.09 Å². The standard InChI is InChI=1S/C6H12NO2/c1-3-4-5-9-6(8)7-2/h2-5H2,1H3,(H,7,8). The van der Waals surface area contributed by atoms with E-state index in [0.29, 0.717) is 6.61 Å². The average Bonchev–Trinajstić information content (AvgIpc) is 1.89. The van der Waals surface area contributed by atoms with Gasteiger partial charge in [0.1, 0.15) is 0 Å². The molecule has 0 fully saturated rings. The molecule has 0 aromatic heterocycles. The van der Waals surface area contributed by atoms with E-state index in [1.54, 1.807) is 0 Å². The molecule has 0 bridgehead atoms. The predicted octanol–water partition coefficient (Wildman–Crippen LogP) is 1.30. The van der Waals surface area contributed by atoms with E-state index in [1.165, 1.54) is 0 Å².